The molecule has 2 fully saturated rings. The Labute approximate surface area is 239 Å². The molecule has 1 saturated carbocycles. The summed E-state index contributed by atoms with van der Waals surface area (Å²) in [5.41, 5.74) is 2.45. The molecule has 2 amide bonds. The predicted octanol–water partition coefficient (Wildman–Crippen LogP) is 5.46. The van der Waals surface area contributed by atoms with Gasteiger partial charge in [-0.3, -0.25) is 14.3 Å². The van der Waals surface area contributed by atoms with E-state index in [1.807, 2.05) is 31.9 Å². The lowest BCUT2D eigenvalue weighted by atomic mass is 9.79. The summed E-state index contributed by atoms with van der Waals surface area (Å²) in [6.45, 7) is 7.44. The predicted molar refractivity (Wildman–Crippen MR) is 156 cm³/mol. The van der Waals surface area contributed by atoms with Gasteiger partial charge >= 0.3 is 0 Å². The number of rotatable bonds is 6. The van der Waals surface area contributed by atoms with Gasteiger partial charge in [0.05, 0.1) is 5.02 Å². The van der Waals surface area contributed by atoms with E-state index < -0.39 is 5.82 Å². The van der Waals surface area contributed by atoms with Gasteiger partial charge in [0.1, 0.15) is 11.3 Å². The van der Waals surface area contributed by atoms with Crippen LogP contribution in [-0.4, -0.2) is 69.6 Å². The number of aromatic nitrogens is 3. The molecule has 40 heavy (non-hydrogen) atoms. The fourth-order valence-electron chi connectivity index (χ4n) is 6.22. The number of likely N-dealkylation sites (N-methyl/N-ethyl adjacent to an activating group) is 1. The number of anilines is 1. The molecule has 214 valence electrons. The van der Waals surface area contributed by atoms with Crippen LogP contribution in [0.4, 0.5) is 10.2 Å². The first-order valence-corrected chi connectivity index (χ1v) is 14.6. The van der Waals surface area contributed by atoms with E-state index in [2.05, 4.69) is 27.3 Å². The average molecular weight is 569 g/mol. The Hall–Kier alpha value is -3.04. The highest BCUT2D eigenvalue weighted by Crippen LogP contribution is 2.36. The number of hydrogen-bond acceptors (Lipinski definition) is 5. The molecule has 2 atom stereocenters. The molecular weight excluding hydrogens is 531 g/mol. The number of aryl methyl sites for hydroxylation is 1. The zero-order valence-corrected chi connectivity index (χ0v) is 24.5. The second-order valence-corrected chi connectivity index (χ2v) is 12.1. The molecule has 1 aliphatic carbocycles. The monoisotopic (exact) mass is 568 g/mol. The Bertz CT molecular complexity index is 1410. The summed E-state index contributed by atoms with van der Waals surface area (Å²) < 4.78 is 16.8. The highest BCUT2D eigenvalue weighted by Gasteiger charge is 2.30. The number of carbonyl (C=O) groups excluding carboxylic acids is 2. The standard InChI is InChI=1S/C30H38ClFN6O2/c1-18(2)29-23-14-21(15-25(32)28(23)35-37(29)4)22-16-26(33-17-24(22)31)34-30(40)20-7-5-6-19(12-20)13-27(39)38-10-8-36(3)9-11-38/h14-20H,5-13H2,1-4H3,(H,33,34,40)/t19-,20+/m1/s1. The molecule has 3 heterocycles. The van der Waals surface area contributed by atoms with Gasteiger partial charge in [-0.2, -0.15) is 5.10 Å². The zero-order valence-electron chi connectivity index (χ0n) is 23.7. The van der Waals surface area contributed by atoms with Crippen molar-refractivity contribution in [1.29, 1.82) is 0 Å². The second kappa shape index (κ2) is 11.8. The Morgan fingerprint density at radius 3 is 2.60 bits per heavy atom. The van der Waals surface area contributed by atoms with Crippen molar-refractivity contribution in [3.8, 4) is 11.1 Å². The maximum atomic E-state index is 15.1. The van der Waals surface area contributed by atoms with E-state index in [-0.39, 0.29) is 29.6 Å². The first kappa shape index (κ1) is 28.5. The minimum absolute atomic E-state index is 0.103. The fraction of sp³-hybridized carbons (Fsp3) is 0.533. The van der Waals surface area contributed by atoms with Crippen LogP contribution in [0, 0.1) is 17.7 Å². The molecule has 0 unspecified atom stereocenters. The van der Waals surface area contributed by atoms with Crippen LogP contribution in [-0.2, 0) is 16.6 Å². The number of nitrogens with one attached hydrogen (secondary N) is 1. The Morgan fingerprint density at radius 2 is 1.88 bits per heavy atom. The number of piperazine rings is 1. The summed E-state index contributed by atoms with van der Waals surface area (Å²) in [5, 5.41) is 8.43. The molecule has 3 aromatic rings. The molecule has 8 nitrogen and oxygen atoms in total. The maximum Gasteiger partial charge on any atom is 0.228 e. The third-order valence-electron chi connectivity index (χ3n) is 8.38. The first-order valence-electron chi connectivity index (χ1n) is 14.2. The van der Waals surface area contributed by atoms with Gasteiger partial charge in [0.15, 0.2) is 5.82 Å². The number of fused-ring (bicyclic) bond motifs is 1. The van der Waals surface area contributed by atoms with Gasteiger partial charge in [0, 0.05) is 68.4 Å². The van der Waals surface area contributed by atoms with Crippen molar-refractivity contribution >= 4 is 40.1 Å². The molecule has 0 spiro atoms. The van der Waals surface area contributed by atoms with Crippen LogP contribution in [0.1, 0.15) is 57.6 Å². The van der Waals surface area contributed by atoms with Crippen LogP contribution in [0.25, 0.3) is 22.0 Å². The largest absolute Gasteiger partial charge is 0.340 e. The number of halogens is 2. The van der Waals surface area contributed by atoms with Crippen LogP contribution in [0.2, 0.25) is 5.02 Å². The van der Waals surface area contributed by atoms with Gasteiger partial charge in [-0.05, 0) is 61.9 Å². The number of carbonyl (C=O) groups is 2. The Morgan fingerprint density at radius 1 is 1.12 bits per heavy atom. The van der Waals surface area contributed by atoms with Crippen molar-refractivity contribution in [2.75, 3.05) is 38.5 Å². The van der Waals surface area contributed by atoms with E-state index in [1.165, 1.54) is 12.3 Å². The van der Waals surface area contributed by atoms with Crippen molar-refractivity contribution in [3.05, 3.63) is 40.9 Å². The van der Waals surface area contributed by atoms with E-state index in [9.17, 15) is 9.59 Å². The first-order chi connectivity index (χ1) is 19.1. The topological polar surface area (TPSA) is 83.4 Å². The third kappa shape index (κ3) is 6.00. The van der Waals surface area contributed by atoms with Crippen molar-refractivity contribution in [3.63, 3.8) is 0 Å². The normalized spacial score (nSPS) is 20.3. The van der Waals surface area contributed by atoms with E-state index in [0.717, 1.165) is 56.5 Å². The number of pyridine rings is 1. The summed E-state index contributed by atoms with van der Waals surface area (Å²) in [5.74, 6) is 0.217. The molecule has 1 saturated heterocycles. The van der Waals surface area contributed by atoms with Crippen LogP contribution >= 0.6 is 11.6 Å². The molecule has 2 aliphatic rings. The molecule has 0 bridgehead atoms. The Kier molecular flexibility index (Phi) is 8.42. The SMILES string of the molecule is CC(C)c1c2cc(-c3cc(NC(=O)[C@H]4CCC[C@@H](CC(=O)N5CCN(C)CC5)C4)ncc3Cl)cc(F)c2nn1C. The molecule has 2 aromatic heterocycles. The molecule has 1 aromatic carbocycles. The minimum Gasteiger partial charge on any atom is -0.340 e. The zero-order chi connectivity index (χ0) is 28.6. The van der Waals surface area contributed by atoms with Crippen LogP contribution in [0.5, 0.6) is 0 Å². The highest BCUT2D eigenvalue weighted by molar-refractivity contribution is 6.33. The summed E-state index contributed by atoms with van der Waals surface area (Å²) in [6, 6.07) is 5.02. The van der Waals surface area contributed by atoms with Gasteiger partial charge < -0.3 is 15.1 Å². The van der Waals surface area contributed by atoms with Crippen LogP contribution < -0.4 is 5.32 Å². The van der Waals surface area contributed by atoms with E-state index >= 15 is 4.39 Å². The number of hydrogen-bond donors (Lipinski definition) is 1. The number of nitrogens with zero attached hydrogens (tertiary/aromatic N) is 5. The van der Waals surface area contributed by atoms with E-state index in [1.54, 1.807) is 10.7 Å². The molecule has 10 heteroatoms. The lowest BCUT2D eigenvalue weighted by Crippen LogP contribution is -2.47. The van der Waals surface area contributed by atoms with Gasteiger partial charge in [-0.25, -0.2) is 9.37 Å². The van der Waals surface area contributed by atoms with Crippen molar-refractivity contribution in [1.82, 2.24) is 24.6 Å². The fourth-order valence-corrected chi connectivity index (χ4v) is 6.43. The van der Waals surface area contributed by atoms with Gasteiger partial charge in [0.2, 0.25) is 11.8 Å². The van der Waals surface area contributed by atoms with Gasteiger partial charge in [-0.15, -0.1) is 0 Å². The summed E-state index contributed by atoms with van der Waals surface area (Å²) in [4.78, 5) is 34.6. The van der Waals surface area contributed by atoms with Crippen LogP contribution in [0.3, 0.4) is 0 Å². The molecule has 1 aliphatic heterocycles. The van der Waals surface area contributed by atoms with Crippen molar-refractivity contribution < 1.29 is 14.0 Å². The van der Waals surface area contributed by atoms with Crippen molar-refractivity contribution in [2.24, 2.45) is 18.9 Å². The second-order valence-electron chi connectivity index (χ2n) is 11.7. The number of benzene rings is 1. The third-order valence-corrected chi connectivity index (χ3v) is 8.68. The van der Waals surface area contributed by atoms with Crippen LogP contribution in [0.15, 0.2) is 24.4 Å². The van der Waals surface area contributed by atoms with Crippen molar-refractivity contribution in [2.45, 2.75) is 51.9 Å². The quantitative estimate of drug-likeness (QED) is 0.427. The molecular formula is C30H38ClFN6O2. The van der Waals surface area contributed by atoms with E-state index in [4.69, 9.17) is 11.6 Å². The average Bonchev–Trinajstić information content (AvgIpc) is 3.26. The van der Waals surface area contributed by atoms with E-state index in [0.29, 0.717) is 40.3 Å². The maximum absolute atomic E-state index is 15.1. The Balaban J connectivity index is 1.29. The smallest absolute Gasteiger partial charge is 0.228 e. The summed E-state index contributed by atoms with van der Waals surface area (Å²) >= 11 is 6.51. The summed E-state index contributed by atoms with van der Waals surface area (Å²) in [6.07, 6.45) is 5.34. The minimum atomic E-state index is -0.423. The summed E-state index contributed by atoms with van der Waals surface area (Å²) in [7, 11) is 3.89. The molecule has 0 radical (unpaired) electrons. The number of amides is 2. The van der Waals surface area contributed by atoms with Gasteiger partial charge in [-0.1, -0.05) is 31.9 Å². The van der Waals surface area contributed by atoms with Gasteiger partial charge in [0.25, 0.3) is 0 Å². The lowest BCUT2D eigenvalue weighted by molar-refractivity contribution is -0.134. The molecule has 1 N–H and O–H groups in total. The lowest BCUT2D eigenvalue weighted by Gasteiger charge is -2.34. The highest BCUT2D eigenvalue weighted by atomic mass is 35.5. The molecule has 5 rings (SSSR count).